The Hall–Kier alpha value is -5.03. The van der Waals surface area contributed by atoms with Crippen molar-refractivity contribution in [1.29, 1.82) is 0 Å². The summed E-state index contributed by atoms with van der Waals surface area (Å²) >= 11 is 0. The van der Waals surface area contributed by atoms with Crippen molar-refractivity contribution >= 4 is 48.0 Å². The van der Waals surface area contributed by atoms with Crippen molar-refractivity contribution in [2.45, 2.75) is 63.1 Å². The predicted molar refractivity (Wildman–Crippen MR) is 214 cm³/mol. The summed E-state index contributed by atoms with van der Waals surface area (Å²) in [6.45, 7) is 11.3. The van der Waals surface area contributed by atoms with Crippen molar-refractivity contribution in [3.63, 3.8) is 0 Å². The molecule has 0 unspecified atom stereocenters. The van der Waals surface area contributed by atoms with Crippen LogP contribution in [-0.4, -0.2) is 68.7 Å². The number of rotatable bonds is 12. The molecule has 9 nitrogen and oxygen atoms in total. The number of para-hydroxylation sites is 1. The lowest BCUT2D eigenvalue weighted by Gasteiger charge is -2.37. The summed E-state index contributed by atoms with van der Waals surface area (Å²) in [6.07, 6.45) is 2.19. The Bertz CT molecular complexity index is 2050. The van der Waals surface area contributed by atoms with E-state index in [2.05, 4.69) is 44.8 Å². The average molecular weight is 744 g/mol. The molecule has 4 aromatic carbocycles. The Balaban J connectivity index is 1.35. The first-order chi connectivity index (χ1) is 26.0. The van der Waals surface area contributed by atoms with Crippen molar-refractivity contribution in [1.82, 2.24) is 4.90 Å². The Kier molecular flexibility index (Phi) is 10.4. The van der Waals surface area contributed by atoms with Gasteiger partial charge in [0.15, 0.2) is 5.60 Å². The Labute approximate surface area is 318 Å². The van der Waals surface area contributed by atoms with Crippen molar-refractivity contribution < 1.29 is 29.0 Å². The molecule has 7 rings (SSSR count). The van der Waals surface area contributed by atoms with Gasteiger partial charge in [-0.15, -0.1) is 6.58 Å². The molecule has 10 heteroatoms. The Morgan fingerprint density at radius 3 is 2.43 bits per heavy atom. The van der Waals surface area contributed by atoms with Gasteiger partial charge in [0.2, 0.25) is 11.8 Å². The molecule has 280 valence electrons. The SMILES string of the molecule is C=CCN1C(=O)[C@@]2(O[C@@H](CC(=O)N(CCO)Cc3ccccc3)[C@H]([Si](C)(C)c3ccc(OC)cc3)[C@H]2C)c2cc(N3C(=O)CCc4ccccc43)ccc21. The molecule has 0 aromatic heterocycles. The highest BCUT2D eigenvalue weighted by atomic mass is 28.3. The van der Waals surface area contributed by atoms with Crippen LogP contribution in [0.5, 0.6) is 5.75 Å². The molecule has 3 aliphatic heterocycles. The van der Waals surface area contributed by atoms with E-state index in [-0.39, 0.29) is 55.3 Å². The van der Waals surface area contributed by atoms with Crippen LogP contribution in [0.4, 0.5) is 17.1 Å². The maximum Gasteiger partial charge on any atom is 0.264 e. The zero-order valence-electron chi connectivity index (χ0n) is 31.5. The van der Waals surface area contributed by atoms with Gasteiger partial charge in [-0.25, -0.2) is 0 Å². The number of carbonyl (C=O) groups excluding carboxylic acids is 3. The minimum Gasteiger partial charge on any atom is -0.497 e. The number of aliphatic hydroxyl groups excluding tert-OH is 1. The van der Waals surface area contributed by atoms with Crippen LogP contribution in [0.1, 0.15) is 36.5 Å². The van der Waals surface area contributed by atoms with E-state index in [9.17, 15) is 14.7 Å². The number of aliphatic hydroxyl groups is 1. The highest BCUT2D eigenvalue weighted by molar-refractivity contribution is 6.91. The fourth-order valence-electron chi connectivity index (χ4n) is 9.18. The zero-order chi connectivity index (χ0) is 38.2. The Morgan fingerprint density at radius 1 is 1.00 bits per heavy atom. The van der Waals surface area contributed by atoms with E-state index >= 15 is 4.79 Å². The molecule has 1 spiro atoms. The molecule has 0 radical (unpaired) electrons. The first-order valence-electron chi connectivity index (χ1n) is 18.8. The number of anilines is 3. The smallest absolute Gasteiger partial charge is 0.264 e. The summed E-state index contributed by atoms with van der Waals surface area (Å²) in [5.41, 5.74) is 3.39. The minimum absolute atomic E-state index is 0.00727. The maximum absolute atomic E-state index is 15.1. The number of nitrogens with zero attached hydrogens (tertiary/aromatic N) is 3. The third-order valence-electron chi connectivity index (χ3n) is 11.8. The van der Waals surface area contributed by atoms with Gasteiger partial charge in [-0.2, -0.15) is 0 Å². The number of hydrogen-bond acceptors (Lipinski definition) is 6. The summed E-state index contributed by atoms with van der Waals surface area (Å²) in [7, 11) is -0.903. The van der Waals surface area contributed by atoms with Crippen molar-refractivity contribution in [2.24, 2.45) is 5.92 Å². The van der Waals surface area contributed by atoms with Gasteiger partial charge in [-0.05, 0) is 59.5 Å². The first kappa shape index (κ1) is 37.3. The lowest BCUT2D eigenvalue weighted by Crippen LogP contribution is -2.52. The van der Waals surface area contributed by atoms with Gasteiger partial charge in [0, 0.05) is 43.2 Å². The number of fused-ring (bicyclic) bond motifs is 3. The molecule has 1 N–H and O–H groups in total. The van der Waals surface area contributed by atoms with Crippen LogP contribution in [0, 0.1) is 5.92 Å². The molecule has 4 atom stereocenters. The van der Waals surface area contributed by atoms with E-state index in [0.717, 1.165) is 27.8 Å². The average Bonchev–Trinajstić information content (AvgIpc) is 3.60. The van der Waals surface area contributed by atoms with Crippen LogP contribution in [0.25, 0.3) is 0 Å². The number of ether oxygens (including phenoxy) is 2. The molecule has 0 aliphatic carbocycles. The summed E-state index contributed by atoms with van der Waals surface area (Å²) in [6, 6.07) is 31.6. The second-order valence-electron chi connectivity index (χ2n) is 15.1. The first-order valence-corrected chi connectivity index (χ1v) is 21.9. The van der Waals surface area contributed by atoms with Crippen LogP contribution in [0.15, 0.2) is 110 Å². The fraction of sp³-hybridized carbons (Fsp3) is 0.341. The summed E-state index contributed by atoms with van der Waals surface area (Å²) in [4.78, 5) is 48.2. The minimum atomic E-state index is -2.55. The maximum atomic E-state index is 15.1. The van der Waals surface area contributed by atoms with E-state index in [1.54, 1.807) is 27.9 Å². The van der Waals surface area contributed by atoms with Crippen LogP contribution >= 0.6 is 0 Å². The lowest BCUT2D eigenvalue weighted by atomic mass is 9.82. The van der Waals surface area contributed by atoms with Gasteiger partial charge in [0.25, 0.3) is 5.91 Å². The molecular weight excluding hydrogens is 695 g/mol. The molecule has 0 bridgehead atoms. The molecule has 1 fully saturated rings. The number of aryl methyl sites for hydroxylation is 1. The van der Waals surface area contributed by atoms with E-state index in [0.29, 0.717) is 36.3 Å². The topological polar surface area (TPSA) is 99.6 Å². The third-order valence-corrected chi connectivity index (χ3v) is 16.2. The van der Waals surface area contributed by atoms with Gasteiger partial charge < -0.3 is 24.4 Å². The van der Waals surface area contributed by atoms with Crippen LogP contribution in [0.2, 0.25) is 18.6 Å². The summed E-state index contributed by atoms with van der Waals surface area (Å²) in [5.74, 6) is 0.0598. The monoisotopic (exact) mass is 743 g/mol. The Morgan fingerprint density at radius 2 is 1.72 bits per heavy atom. The molecule has 4 aromatic rings. The van der Waals surface area contributed by atoms with Crippen LogP contribution in [0.3, 0.4) is 0 Å². The predicted octanol–water partition coefficient (Wildman–Crippen LogP) is 6.47. The van der Waals surface area contributed by atoms with Gasteiger partial charge in [0.1, 0.15) is 5.75 Å². The summed E-state index contributed by atoms with van der Waals surface area (Å²) < 4.78 is 12.8. The van der Waals surface area contributed by atoms with E-state index in [4.69, 9.17) is 9.47 Å². The molecule has 54 heavy (non-hydrogen) atoms. The molecular formula is C44H49N3O6Si. The van der Waals surface area contributed by atoms with Crippen LogP contribution in [-0.2, 0) is 37.7 Å². The number of amides is 3. The third kappa shape index (κ3) is 6.35. The molecule has 1 saturated heterocycles. The van der Waals surface area contributed by atoms with Crippen molar-refractivity contribution in [2.75, 3.05) is 36.6 Å². The largest absolute Gasteiger partial charge is 0.497 e. The highest BCUT2D eigenvalue weighted by Crippen LogP contribution is 2.60. The number of hydrogen-bond donors (Lipinski definition) is 1. The van der Waals surface area contributed by atoms with E-state index in [1.807, 2.05) is 78.9 Å². The second-order valence-corrected chi connectivity index (χ2v) is 19.8. The van der Waals surface area contributed by atoms with Gasteiger partial charge in [-0.1, -0.05) is 91.9 Å². The highest BCUT2D eigenvalue weighted by Gasteiger charge is 2.66. The van der Waals surface area contributed by atoms with E-state index < -0.39 is 19.8 Å². The molecule has 0 saturated carbocycles. The lowest BCUT2D eigenvalue weighted by molar-refractivity contribution is -0.149. The molecule has 3 heterocycles. The van der Waals surface area contributed by atoms with Crippen LogP contribution < -0.4 is 19.7 Å². The normalized spacial score (nSPS) is 22.0. The van der Waals surface area contributed by atoms with Crippen molar-refractivity contribution in [3.05, 3.63) is 126 Å². The number of carbonyl (C=O) groups is 3. The number of benzene rings is 4. The fourth-order valence-corrected chi connectivity index (χ4v) is 13.2. The van der Waals surface area contributed by atoms with Gasteiger partial charge in [0.05, 0.1) is 45.7 Å². The summed E-state index contributed by atoms with van der Waals surface area (Å²) in [5, 5.41) is 11.2. The van der Waals surface area contributed by atoms with E-state index in [1.165, 1.54) is 0 Å². The molecule has 3 amide bonds. The zero-order valence-corrected chi connectivity index (χ0v) is 32.5. The second kappa shape index (κ2) is 15.0. The van der Waals surface area contributed by atoms with Gasteiger partial charge in [-0.3, -0.25) is 19.3 Å². The standard InChI is InChI=1S/C44H49N3O6Si/c1-6-24-46-38-22-17-33(47-37-15-11-10-14-32(37)16-23-40(47)49)27-36(38)44(43(46)51)30(2)42(54(4,5)35-20-18-34(52-3)19-21-35)39(53-44)28-41(50)45(25-26-48)29-31-12-8-7-9-13-31/h6-15,17-22,27,30,39,42,48H,1,16,23-26,28-29H2,2-5H3/t30-,39+,42-,44+/m1/s1. The van der Waals surface area contributed by atoms with Gasteiger partial charge >= 0.3 is 0 Å². The van der Waals surface area contributed by atoms with Crippen molar-refractivity contribution in [3.8, 4) is 5.75 Å². The molecule has 3 aliphatic rings. The number of methoxy groups -OCH3 is 1. The quantitative estimate of drug-likeness (QED) is 0.132.